The molecule has 0 aromatic heterocycles. The van der Waals surface area contributed by atoms with Gasteiger partial charge in [-0.05, 0) is 38.8 Å². The maximum Gasteiger partial charge on any atom is 0.243 e. The number of hydrogen-bond donors (Lipinski definition) is 2. The topological polar surface area (TPSA) is 80.0 Å². The Labute approximate surface area is 111 Å². The van der Waals surface area contributed by atoms with Crippen molar-refractivity contribution < 1.29 is 4.79 Å². The first-order chi connectivity index (χ1) is 8.55. The molecule has 0 saturated carbocycles. The second kappa shape index (κ2) is 4.62. The number of amides is 1. The van der Waals surface area contributed by atoms with E-state index in [-0.39, 0.29) is 10.9 Å². The van der Waals surface area contributed by atoms with Crippen molar-refractivity contribution in [1.29, 1.82) is 10.7 Å². The van der Waals surface area contributed by atoms with Gasteiger partial charge in [0.05, 0.1) is 11.6 Å². The summed E-state index contributed by atoms with van der Waals surface area (Å²) in [6.45, 7) is 1.58. The normalized spacial score (nSPS) is 27.6. The minimum absolute atomic E-state index is 0.256. The second-order valence-electron chi connectivity index (χ2n) is 4.84. The number of nitrogens with one attached hydrogen (secondary N) is 2. The number of rotatable bonds is 0. The van der Waals surface area contributed by atoms with Gasteiger partial charge in [-0.25, -0.2) is 0 Å². The van der Waals surface area contributed by atoms with Crippen LogP contribution in [0.15, 0.2) is 5.57 Å². The molecule has 0 radical (unpaired) electrons. The van der Waals surface area contributed by atoms with Crippen molar-refractivity contribution in [1.82, 2.24) is 10.2 Å². The third-order valence-corrected chi connectivity index (χ3v) is 4.22. The number of thiocarbonyl (C=S) groups is 1. The highest BCUT2D eigenvalue weighted by Crippen LogP contribution is 2.46. The highest BCUT2D eigenvalue weighted by atomic mass is 32.1. The van der Waals surface area contributed by atoms with E-state index in [4.69, 9.17) is 17.6 Å². The van der Waals surface area contributed by atoms with Gasteiger partial charge in [0.25, 0.3) is 0 Å². The van der Waals surface area contributed by atoms with Gasteiger partial charge in [-0.3, -0.25) is 10.2 Å². The second-order valence-corrected chi connectivity index (χ2v) is 5.25. The first-order valence-electron chi connectivity index (χ1n) is 5.78. The van der Waals surface area contributed by atoms with Gasteiger partial charge in [0.15, 0.2) is 0 Å². The minimum Gasteiger partial charge on any atom is -0.315 e. The number of piperidine rings is 2. The molecule has 1 amide bonds. The van der Waals surface area contributed by atoms with Crippen LogP contribution in [0.3, 0.4) is 0 Å². The van der Waals surface area contributed by atoms with Crippen LogP contribution in [0.2, 0.25) is 0 Å². The Balaban J connectivity index is 2.49. The van der Waals surface area contributed by atoms with Crippen molar-refractivity contribution in [3.05, 3.63) is 5.57 Å². The molecule has 2 N–H and O–H groups in total. The van der Waals surface area contributed by atoms with Crippen LogP contribution in [0.25, 0.3) is 0 Å². The average Bonchev–Trinajstić information content (AvgIpc) is 2.33. The van der Waals surface area contributed by atoms with Gasteiger partial charge < -0.3 is 10.2 Å². The van der Waals surface area contributed by atoms with E-state index in [2.05, 4.69) is 22.2 Å². The molecule has 2 heterocycles. The Hall–Kier alpha value is -1.54. The molecule has 2 rings (SSSR count). The van der Waals surface area contributed by atoms with Gasteiger partial charge in [0.2, 0.25) is 5.91 Å². The molecule has 2 aliphatic rings. The number of carbonyl (C=O) groups is 1. The molecule has 0 bridgehead atoms. The molecular formula is C12H14N4OS. The molecule has 0 aromatic rings. The molecule has 1 spiro atoms. The van der Waals surface area contributed by atoms with Crippen molar-refractivity contribution in [3.8, 4) is 6.07 Å². The van der Waals surface area contributed by atoms with Crippen LogP contribution in [0.4, 0.5) is 0 Å². The zero-order valence-electron chi connectivity index (χ0n) is 10.1. The standard InChI is InChI=1S/C12H14N4OS/c1-16-4-2-12(3-5-16)8(6-13)10(17)15-11(18)9(12)7-14/h8,14H,2-5H2,1H3,(H,15,17,18)/t8-/m1/s1. The summed E-state index contributed by atoms with van der Waals surface area (Å²) in [5, 5.41) is 19.2. The fourth-order valence-corrected chi connectivity index (χ4v) is 3.14. The predicted octanol–water partition coefficient (Wildman–Crippen LogP) is 0.470. The lowest BCUT2D eigenvalue weighted by atomic mass is 9.62. The van der Waals surface area contributed by atoms with Crippen molar-refractivity contribution in [2.75, 3.05) is 20.1 Å². The summed E-state index contributed by atoms with van der Waals surface area (Å²) in [5.41, 5.74) is -0.112. The molecule has 0 aliphatic carbocycles. The van der Waals surface area contributed by atoms with Gasteiger partial charge in [-0.2, -0.15) is 5.26 Å². The third-order valence-electron chi connectivity index (χ3n) is 3.91. The van der Waals surface area contributed by atoms with Gasteiger partial charge in [-0.1, -0.05) is 12.2 Å². The number of nitriles is 1. The van der Waals surface area contributed by atoms with E-state index >= 15 is 0 Å². The first-order valence-corrected chi connectivity index (χ1v) is 6.19. The summed E-state index contributed by atoms with van der Waals surface area (Å²) in [7, 11) is 2.00. The van der Waals surface area contributed by atoms with Crippen LogP contribution in [-0.4, -0.2) is 41.8 Å². The fraction of sp³-hybridized carbons (Fsp3) is 0.583. The molecule has 1 atom stereocenters. The smallest absolute Gasteiger partial charge is 0.243 e. The van der Waals surface area contributed by atoms with E-state index in [1.165, 1.54) is 0 Å². The maximum atomic E-state index is 11.9. The molecule has 5 nitrogen and oxygen atoms in total. The van der Waals surface area contributed by atoms with E-state index in [0.717, 1.165) is 13.1 Å². The molecule has 94 valence electrons. The molecule has 0 aromatic carbocycles. The zero-order valence-corrected chi connectivity index (χ0v) is 10.9. The highest BCUT2D eigenvalue weighted by Gasteiger charge is 2.52. The molecule has 2 fully saturated rings. The Kier molecular flexibility index (Phi) is 3.31. The Morgan fingerprint density at radius 3 is 2.67 bits per heavy atom. The first kappa shape index (κ1) is 12.9. The summed E-state index contributed by atoms with van der Waals surface area (Å²) < 4.78 is 0. The molecule has 18 heavy (non-hydrogen) atoms. The summed E-state index contributed by atoms with van der Waals surface area (Å²) in [6, 6.07) is 2.08. The Bertz CT molecular complexity index is 493. The maximum absolute atomic E-state index is 11.9. The predicted molar refractivity (Wildman–Crippen MR) is 70.2 cm³/mol. The average molecular weight is 262 g/mol. The van der Waals surface area contributed by atoms with Gasteiger partial charge in [-0.15, -0.1) is 0 Å². The molecule has 0 unspecified atom stereocenters. The molecule has 2 aliphatic heterocycles. The monoisotopic (exact) mass is 262 g/mol. The van der Waals surface area contributed by atoms with Crippen LogP contribution < -0.4 is 5.32 Å². The summed E-state index contributed by atoms with van der Waals surface area (Å²) in [4.78, 5) is 14.3. The quantitative estimate of drug-likeness (QED) is 0.378. The molecular weight excluding hydrogens is 248 g/mol. The number of carbonyl (C=O) groups excluding carboxylic acids is 1. The Morgan fingerprint density at radius 1 is 1.56 bits per heavy atom. The van der Waals surface area contributed by atoms with Crippen molar-refractivity contribution in [2.24, 2.45) is 11.3 Å². The molecule has 2 saturated heterocycles. The Morgan fingerprint density at radius 2 is 2.17 bits per heavy atom. The van der Waals surface area contributed by atoms with Crippen LogP contribution >= 0.6 is 12.2 Å². The van der Waals surface area contributed by atoms with Gasteiger partial charge >= 0.3 is 0 Å². The van der Waals surface area contributed by atoms with Crippen molar-refractivity contribution in [3.63, 3.8) is 0 Å². The largest absolute Gasteiger partial charge is 0.315 e. The van der Waals surface area contributed by atoms with Crippen LogP contribution in [-0.2, 0) is 4.79 Å². The van der Waals surface area contributed by atoms with Gasteiger partial charge in [0.1, 0.15) is 10.9 Å². The van der Waals surface area contributed by atoms with E-state index in [9.17, 15) is 10.1 Å². The third kappa shape index (κ3) is 1.77. The lowest BCUT2D eigenvalue weighted by Crippen LogP contribution is -2.56. The van der Waals surface area contributed by atoms with Crippen molar-refractivity contribution in [2.45, 2.75) is 12.8 Å². The number of nitrogens with zero attached hydrogens (tertiary/aromatic N) is 2. The van der Waals surface area contributed by atoms with Crippen molar-refractivity contribution >= 4 is 29.0 Å². The van der Waals surface area contributed by atoms with Crippen LogP contribution in [0.1, 0.15) is 12.8 Å². The summed E-state index contributed by atoms with van der Waals surface area (Å²) >= 11 is 5.11. The highest BCUT2D eigenvalue weighted by molar-refractivity contribution is 7.80. The van der Waals surface area contributed by atoms with E-state index in [1.807, 2.05) is 7.05 Å². The van der Waals surface area contributed by atoms with Crippen LogP contribution in [0, 0.1) is 28.1 Å². The van der Waals surface area contributed by atoms with E-state index < -0.39 is 11.3 Å². The lowest BCUT2D eigenvalue weighted by Gasteiger charge is -2.45. The summed E-state index contributed by atoms with van der Waals surface area (Å²) in [5.74, 6) is 1.24. The van der Waals surface area contributed by atoms with Crippen LogP contribution in [0.5, 0.6) is 0 Å². The van der Waals surface area contributed by atoms with E-state index in [1.54, 1.807) is 0 Å². The van der Waals surface area contributed by atoms with Gasteiger partial charge in [0, 0.05) is 5.41 Å². The SMILES string of the molecule is CN1CCC2(CC1)C(=C=N)C(=S)NC(=O)[C@H]2C#N. The lowest BCUT2D eigenvalue weighted by molar-refractivity contribution is -0.126. The minimum atomic E-state index is -0.772. The van der Waals surface area contributed by atoms with E-state index in [0.29, 0.717) is 18.4 Å². The summed E-state index contributed by atoms with van der Waals surface area (Å²) in [6.07, 6.45) is 1.33. The fourth-order valence-electron chi connectivity index (χ4n) is 2.79. The number of hydrogen-bond acceptors (Lipinski definition) is 5. The molecule has 6 heteroatoms. The zero-order chi connectivity index (χ0) is 13.3. The number of likely N-dealkylation sites (tertiary alicyclic amines) is 1.